The molecule has 7 heteroatoms. The molecule has 0 bridgehead atoms. The number of nitrogens with zero attached hydrogens (tertiary/aromatic N) is 4. The molecule has 7 nitrogen and oxygen atoms in total. The van der Waals surface area contributed by atoms with Crippen molar-refractivity contribution >= 4 is 17.6 Å². The number of anilines is 1. The molecule has 1 amide bonds. The molecule has 0 atom stereocenters. The van der Waals surface area contributed by atoms with Crippen LogP contribution in [0, 0.1) is 0 Å². The summed E-state index contributed by atoms with van der Waals surface area (Å²) in [4.78, 5) is 19.1. The molecule has 2 aromatic rings. The smallest absolute Gasteiger partial charge is 0.246 e. The van der Waals surface area contributed by atoms with Crippen molar-refractivity contribution in [2.45, 2.75) is 45.7 Å². The largest absolute Gasteiger partial charge is 0.357 e. The quantitative estimate of drug-likeness (QED) is 0.242. The zero-order valence-corrected chi connectivity index (χ0v) is 18.2. The van der Waals surface area contributed by atoms with Gasteiger partial charge < -0.3 is 15.5 Å². The Bertz CT molecular complexity index is 800. The van der Waals surface area contributed by atoms with Gasteiger partial charge in [0.2, 0.25) is 5.91 Å². The van der Waals surface area contributed by atoms with E-state index in [-0.39, 0.29) is 12.5 Å². The number of hydrogen-bond donors (Lipinski definition) is 2. The summed E-state index contributed by atoms with van der Waals surface area (Å²) in [6.07, 6.45) is 9.98. The molecule has 1 heterocycles. The summed E-state index contributed by atoms with van der Waals surface area (Å²) < 4.78 is 1.60. The maximum Gasteiger partial charge on any atom is 0.246 e. The predicted molar refractivity (Wildman–Crippen MR) is 123 cm³/mol. The van der Waals surface area contributed by atoms with Crippen LogP contribution in [0.3, 0.4) is 0 Å². The lowest BCUT2D eigenvalue weighted by Crippen LogP contribution is -2.39. The number of hydrogen-bond acceptors (Lipinski definition) is 3. The van der Waals surface area contributed by atoms with Crippen LogP contribution in [0.2, 0.25) is 0 Å². The Morgan fingerprint density at radius 1 is 1.30 bits per heavy atom. The molecule has 1 aromatic carbocycles. The van der Waals surface area contributed by atoms with Gasteiger partial charge in [-0.25, -0.2) is 4.99 Å². The third kappa shape index (κ3) is 8.51. The number of carbonyl (C=O) groups is 1. The van der Waals surface area contributed by atoms with Crippen molar-refractivity contribution in [1.29, 1.82) is 0 Å². The van der Waals surface area contributed by atoms with Gasteiger partial charge in [-0.2, -0.15) is 5.10 Å². The number of guanidine groups is 1. The molecule has 0 aliphatic rings. The number of unbranched alkanes of at least 4 members (excludes halogenated alkanes) is 3. The van der Waals surface area contributed by atoms with Gasteiger partial charge in [-0.1, -0.05) is 24.6 Å². The normalized spacial score (nSPS) is 11.2. The summed E-state index contributed by atoms with van der Waals surface area (Å²) in [5, 5.41) is 10.3. The Hall–Kier alpha value is -3.09. The number of aliphatic imine (C=N–C) groups is 1. The van der Waals surface area contributed by atoms with Crippen molar-refractivity contribution in [2.24, 2.45) is 4.99 Å². The second-order valence-corrected chi connectivity index (χ2v) is 7.18. The Balaban J connectivity index is 1.90. The zero-order valence-electron chi connectivity index (χ0n) is 18.2. The van der Waals surface area contributed by atoms with Crippen LogP contribution in [-0.2, 0) is 17.9 Å². The number of nitrogens with one attached hydrogen (secondary N) is 2. The van der Waals surface area contributed by atoms with Gasteiger partial charge in [0.1, 0.15) is 6.54 Å². The fourth-order valence-corrected chi connectivity index (χ4v) is 3.05. The number of carbonyl (C=O) groups excluding carboxylic acids is 1. The van der Waals surface area contributed by atoms with Crippen molar-refractivity contribution in [3.05, 3.63) is 60.9 Å². The lowest BCUT2D eigenvalue weighted by Gasteiger charge is -2.22. The molecule has 0 fully saturated rings. The summed E-state index contributed by atoms with van der Waals surface area (Å²) in [7, 11) is 2.07. The van der Waals surface area contributed by atoms with E-state index >= 15 is 0 Å². The SMILES string of the molecule is C=CCCCCCN(C)C(=NCc1cccc(NC(=O)Cn2cccn2)c1)NCC. The second-order valence-electron chi connectivity index (χ2n) is 7.18. The van der Waals surface area contributed by atoms with E-state index in [1.165, 1.54) is 12.8 Å². The molecule has 0 radical (unpaired) electrons. The number of amides is 1. The van der Waals surface area contributed by atoms with Crippen LogP contribution >= 0.6 is 0 Å². The molecule has 0 spiro atoms. The van der Waals surface area contributed by atoms with Crippen LogP contribution in [0.15, 0.2) is 60.4 Å². The van der Waals surface area contributed by atoms with Crippen LogP contribution < -0.4 is 10.6 Å². The highest BCUT2D eigenvalue weighted by molar-refractivity contribution is 5.90. The molecule has 0 unspecified atom stereocenters. The van der Waals surface area contributed by atoms with Gasteiger partial charge in [-0.05, 0) is 49.9 Å². The average molecular weight is 411 g/mol. The fourth-order valence-electron chi connectivity index (χ4n) is 3.05. The van der Waals surface area contributed by atoms with E-state index in [0.717, 1.165) is 43.1 Å². The van der Waals surface area contributed by atoms with E-state index in [1.54, 1.807) is 23.1 Å². The Labute approximate surface area is 179 Å². The predicted octanol–water partition coefficient (Wildman–Crippen LogP) is 3.67. The highest BCUT2D eigenvalue weighted by atomic mass is 16.2. The Morgan fingerprint density at radius 2 is 2.17 bits per heavy atom. The molecule has 162 valence electrons. The van der Waals surface area contributed by atoms with Crippen LogP contribution in [-0.4, -0.2) is 46.7 Å². The first kappa shape index (κ1) is 23.2. The maximum atomic E-state index is 12.2. The van der Waals surface area contributed by atoms with Crippen LogP contribution in [0.1, 0.15) is 38.2 Å². The van der Waals surface area contributed by atoms with Gasteiger partial charge in [0.25, 0.3) is 0 Å². The summed E-state index contributed by atoms with van der Waals surface area (Å²) in [5.41, 5.74) is 1.81. The van der Waals surface area contributed by atoms with E-state index in [2.05, 4.69) is 41.2 Å². The standard InChI is InChI=1S/C23H34N6O/c1-4-6-7-8-9-15-28(3)23(24-5-2)25-18-20-12-10-13-21(17-20)27-22(30)19-29-16-11-14-26-29/h4,10-14,16-17H,1,5-9,15,18-19H2,2-3H3,(H,24,25)(H,27,30). The maximum absolute atomic E-state index is 12.2. The monoisotopic (exact) mass is 410 g/mol. The van der Waals surface area contributed by atoms with Crippen molar-refractivity contribution < 1.29 is 4.79 Å². The second kappa shape index (κ2) is 13.2. The fraction of sp³-hybridized carbons (Fsp3) is 0.435. The summed E-state index contributed by atoms with van der Waals surface area (Å²) in [6.45, 7) is 8.37. The molecule has 0 saturated carbocycles. The van der Waals surface area contributed by atoms with Gasteiger partial charge in [0, 0.05) is 38.2 Å². The van der Waals surface area contributed by atoms with Gasteiger partial charge in [0.05, 0.1) is 6.54 Å². The summed E-state index contributed by atoms with van der Waals surface area (Å²) >= 11 is 0. The Morgan fingerprint density at radius 3 is 2.90 bits per heavy atom. The van der Waals surface area contributed by atoms with Gasteiger partial charge in [0.15, 0.2) is 5.96 Å². The van der Waals surface area contributed by atoms with Gasteiger partial charge >= 0.3 is 0 Å². The first-order valence-electron chi connectivity index (χ1n) is 10.6. The minimum Gasteiger partial charge on any atom is -0.357 e. The lowest BCUT2D eigenvalue weighted by molar-refractivity contribution is -0.116. The summed E-state index contributed by atoms with van der Waals surface area (Å²) in [5.74, 6) is 0.790. The van der Waals surface area contributed by atoms with Crippen LogP contribution in [0.25, 0.3) is 0 Å². The van der Waals surface area contributed by atoms with E-state index in [9.17, 15) is 4.79 Å². The minimum atomic E-state index is -0.108. The first-order chi connectivity index (χ1) is 14.6. The molecular formula is C23H34N6O. The third-order valence-electron chi connectivity index (χ3n) is 4.59. The summed E-state index contributed by atoms with van der Waals surface area (Å²) in [6, 6.07) is 9.60. The molecule has 0 aliphatic heterocycles. The van der Waals surface area contributed by atoms with Crippen molar-refractivity contribution in [3.63, 3.8) is 0 Å². The van der Waals surface area contributed by atoms with Gasteiger partial charge in [-0.3, -0.25) is 9.48 Å². The van der Waals surface area contributed by atoms with Crippen molar-refractivity contribution in [1.82, 2.24) is 20.0 Å². The molecule has 0 aliphatic carbocycles. The number of rotatable bonds is 12. The molecule has 2 N–H and O–H groups in total. The topological polar surface area (TPSA) is 74.5 Å². The number of allylic oxidation sites excluding steroid dienone is 1. The first-order valence-corrected chi connectivity index (χ1v) is 10.6. The third-order valence-corrected chi connectivity index (χ3v) is 4.59. The Kier molecular flexibility index (Phi) is 10.2. The van der Waals surface area contributed by atoms with Crippen molar-refractivity contribution in [2.75, 3.05) is 25.5 Å². The zero-order chi connectivity index (χ0) is 21.6. The van der Waals surface area contributed by atoms with E-state index < -0.39 is 0 Å². The van der Waals surface area contributed by atoms with E-state index in [1.807, 2.05) is 30.3 Å². The molecular weight excluding hydrogens is 376 g/mol. The minimum absolute atomic E-state index is 0.108. The van der Waals surface area contributed by atoms with E-state index in [0.29, 0.717) is 6.54 Å². The highest BCUT2D eigenvalue weighted by Crippen LogP contribution is 2.12. The molecule has 2 rings (SSSR count). The molecule has 1 aromatic heterocycles. The van der Waals surface area contributed by atoms with Crippen LogP contribution in [0.5, 0.6) is 0 Å². The van der Waals surface area contributed by atoms with E-state index in [4.69, 9.17) is 4.99 Å². The number of benzene rings is 1. The highest BCUT2D eigenvalue weighted by Gasteiger charge is 2.07. The van der Waals surface area contributed by atoms with Crippen LogP contribution in [0.4, 0.5) is 5.69 Å². The lowest BCUT2D eigenvalue weighted by atomic mass is 10.2. The number of aromatic nitrogens is 2. The molecule has 30 heavy (non-hydrogen) atoms. The van der Waals surface area contributed by atoms with Gasteiger partial charge in [-0.15, -0.1) is 6.58 Å². The molecule has 0 saturated heterocycles. The average Bonchev–Trinajstić information content (AvgIpc) is 3.24. The van der Waals surface area contributed by atoms with Crippen molar-refractivity contribution in [3.8, 4) is 0 Å².